The Morgan fingerprint density at radius 3 is 2.95 bits per heavy atom. The first-order valence-electron chi connectivity index (χ1n) is 6.41. The van der Waals surface area contributed by atoms with E-state index in [1.807, 2.05) is 25.1 Å². The third kappa shape index (κ3) is 1.99. The predicted octanol–water partition coefficient (Wildman–Crippen LogP) is 2.76. The second-order valence-electron chi connectivity index (χ2n) is 4.88. The summed E-state index contributed by atoms with van der Waals surface area (Å²) in [6.45, 7) is 2.58. The molecule has 0 spiro atoms. The van der Waals surface area contributed by atoms with Gasteiger partial charge in [-0.2, -0.15) is 0 Å². The van der Waals surface area contributed by atoms with Crippen LogP contribution in [0.2, 0.25) is 0 Å². The number of amides is 1. The molecule has 19 heavy (non-hydrogen) atoms. The molecule has 0 fully saturated rings. The number of rotatable bonds is 1. The fourth-order valence-electron chi connectivity index (χ4n) is 2.52. The van der Waals surface area contributed by atoms with Crippen LogP contribution in [-0.4, -0.2) is 12.5 Å². The molecule has 2 N–H and O–H groups in total. The molecule has 1 aromatic carbocycles. The molecule has 0 unspecified atom stereocenters. The number of fused-ring (bicyclic) bond motifs is 1. The molecule has 3 rings (SSSR count). The average molecular weight is 256 g/mol. The Hall–Kier alpha value is -2.23. The highest BCUT2D eigenvalue weighted by molar-refractivity contribution is 6.06. The number of nitrogens with two attached hydrogens (primary N) is 1. The van der Waals surface area contributed by atoms with Crippen molar-refractivity contribution in [3.8, 4) is 0 Å². The molecule has 1 amide bonds. The molecule has 0 aliphatic carbocycles. The van der Waals surface area contributed by atoms with Crippen LogP contribution in [0.4, 0.5) is 11.4 Å². The third-order valence-electron chi connectivity index (χ3n) is 3.53. The lowest BCUT2D eigenvalue weighted by atomic mass is 10.0. The number of carbonyl (C=O) groups excluding carboxylic acids is 1. The molecule has 1 aromatic heterocycles. The Bertz CT molecular complexity index is 631. The highest BCUT2D eigenvalue weighted by atomic mass is 16.3. The van der Waals surface area contributed by atoms with Crippen LogP contribution < -0.4 is 10.6 Å². The van der Waals surface area contributed by atoms with Gasteiger partial charge in [-0.3, -0.25) is 4.79 Å². The van der Waals surface area contributed by atoms with Gasteiger partial charge in [-0.25, -0.2) is 0 Å². The van der Waals surface area contributed by atoms with Crippen LogP contribution >= 0.6 is 0 Å². The summed E-state index contributed by atoms with van der Waals surface area (Å²) < 4.78 is 5.30. The monoisotopic (exact) mass is 256 g/mol. The zero-order valence-corrected chi connectivity index (χ0v) is 10.8. The SMILES string of the molecule is Cc1ccoc1C(=O)N1CCCc2ccc(N)cc21. The molecular weight excluding hydrogens is 240 g/mol. The summed E-state index contributed by atoms with van der Waals surface area (Å²) in [5, 5.41) is 0. The van der Waals surface area contributed by atoms with Crippen molar-refractivity contribution in [3.05, 3.63) is 47.4 Å². The smallest absolute Gasteiger partial charge is 0.294 e. The molecule has 4 nitrogen and oxygen atoms in total. The van der Waals surface area contributed by atoms with Crippen molar-refractivity contribution in [1.82, 2.24) is 0 Å². The molecular formula is C15H16N2O2. The minimum atomic E-state index is -0.0888. The van der Waals surface area contributed by atoms with Crippen molar-refractivity contribution >= 4 is 17.3 Å². The fraction of sp³-hybridized carbons (Fsp3) is 0.267. The molecule has 1 aliphatic heterocycles. The van der Waals surface area contributed by atoms with Crippen LogP contribution in [0.15, 0.2) is 34.9 Å². The first-order chi connectivity index (χ1) is 9.16. The summed E-state index contributed by atoms with van der Waals surface area (Å²) in [6, 6.07) is 7.55. The molecule has 0 saturated carbocycles. The first kappa shape index (κ1) is 11.8. The maximum Gasteiger partial charge on any atom is 0.294 e. The Kier molecular flexibility index (Phi) is 2.78. The molecule has 1 aliphatic rings. The van der Waals surface area contributed by atoms with E-state index in [4.69, 9.17) is 10.2 Å². The van der Waals surface area contributed by atoms with Crippen molar-refractivity contribution in [2.45, 2.75) is 19.8 Å². The van der Waals surface area contributed by atoms with Gasteiger partial charge in [0.25, 0.3) is 5.91 Å². The van der Waals surface area contributed by atoms with Crippen LogP contribution in [0.1, 0.15) is 28.1 Å². The number of furan rings is 1. The Labute approximate surface area is 111 Å². The van der Waals surface area contributed by atoms with Gasteiger partial charge in [0.15, 0.2) is 5.76 Å². The van der Waals surface area contributed by atoms with E-state index in [1.165, 1.54) is 0 Å². The van der Waals surface area contributed by atoms with E-state index in [2.05, 4.69) is 0 Å². The summed E-state index contributed by atoms with van der Waals surface area (Å²) in [5.74, 6) is 0.323. The minimum absolute atomic E-state index is 0.0888. The zero-order chi connectivity index (χ0) is 13.4. The zero-order valence-electron chi connectivity index (χ0n) is 10.8. The van der Waals surface area contributed by atoms with Crippen LogP contribution in [-0.2, 0) is 6.42 Å². The number of benzene rings is 1. The predicted molar refractivity (Wildman–Crippen MR) is 74.3 cm³/mol. The summed E-state index contributed by atoms with van der Waals surface area (Å²) in [5.41, 5.74) is 9.44. The van der Waals surface area contributed by atoms with E-state index < -0.39 is 0 Å². The largest absolute Gasteiger partial charge is 0.459 e. The average Bonchev–Trinajstić information content (AvgIpc) is 2.83. The number of hydrogen-bond donors (Lipinski definition) is 1. The van der Waals surface area contributed by atoms with Gasteiger partial charge in [0.05, 0.1) is 6.26 Å². The molecule has 0 saturated heterocycles. The first-order valence-corrected chi connectivity index (χ1v) is 6.41. The van der Waals surface area contributed by atoms with E-state index in [-0.39, 0.29) is 5.91 Å². The quantitative estimate of drug-likeness (QED) is 0.798. The summed E-state index contributed by atoms with van der Waals surface area (Å²) >= 11 is 0. The van der Waals surface area contributed by atoms with Crippen molar-refractivity contribution in [2.24, 2.45) is 0 Å². The summed E-state index contributed by atoms with van der Waals surface area (Å²) in [6.07, 6.45) is 3.49. The maximum atomic E-state index is 12.5. The van der Waals surface area contributed by atoms with Crippen LogP contribution in [0.25, 0.3) is 0 Å². The van der Waals surface area contributed by atoms with E-state index in [9.17, 15) is 4.79 Å². The van der Waals surface area contributed by atoms with Crippen molar-refractivity contribution in [2.75, 3.05) is 17.2 Å². The van der Waals surface area contributed by atoms with Gasteiger partial charge in [0.1, 0.15) is 0 Å². The third-order valence-corrected chi connectivity index (χ3v) is 3.53. The number of carbonyl (C=O) groups is 1. The van der Waals surface area contributed by atoms with Gasteiger partial charge >= 0.3 is 0 Å². The maximum absolute atomic E-state index is 12.5. The molecule has 0 radical (unpaired) electrons. The van der Waals surface area contributed by atoms with Gasteiger partial charge in [-0.1, -0.05) is 6.07 Å². The minimum Gasteiger partial charge on any atom is -0.459 e. The highest BCUT2D eigenvalue weighted by Crippen LogP contribution is 2.30. The fourth-order valence-corrected chi connectivity index (χ4v) is 2.52. The lowest BCUT2D eigenvalue weighted by Crippen LogP contribution is -2.35. The van der Waals surface area contributed by atoms with Gasteiger partial charge in [-0.15, -0.1) is 0 Å². The van der Waals surface area contributed by atoms with Crippen LogP contribution in [0.5, 0.6) is 0 Å². The molecule has 98 valence electrons. The number of nitrogen functional groups attached to an aromatic ring is 1. The van der Waals surface area contributed by atoms with Gasteiger partial charge in [-0.05, 0) is 43.5 Å². The second kappa shape index (κ2) is 4.46. The van der Waals surface area contributed by atoms with Crippen molar-refractivity contribution < 1.29 is 9.21 Å². The lowest BCUT2D eigenvalue weighted by Gasteiger charge is -2.29. The van der Waals surface area contributed by atoms with Crippen molar-refractivity contribution in [1.29, 1.82) is 0 Å². The van der Waals surface area contributed by atoms with E-state index in [0.29, 0.717) is 18.0 Å². The Balaban J connectivity index is 2.02. The summed E-state index contributed by atoms with van der Waals surface area (Å²) in [7, 11) is 0. The molecule has 0 atom stereocenters. The second-order valence-corrected chi connectivity index (χ2v) is 4.88. The van der Waals surface area contributed by atoms with Crippen LogP contribution in [0, 0.1) is 6.92 Å². The standard InChI is InChI=1S/C15H16N2O2/c1-10-6-8-19-14(10)15(18)17-7-2-3-11-4-5-12(16)9-13(11)17/h4-6,8-9H,2-3,7,16H2,1H3. The molecule has 0 bridgehead atoms. The lowest BCUT2D eigenvalue weighted by molar-refractivity contribution is 0.0957. The van der Waals surface area contributed by atoms with Crippen molar-refractivity contribution in [3.63, 3.8) is 0 Å². The molecule has 2 aromatic rings. The molecule has 2 heterocycles. The van der Waals surface area contributed by atoms with E-state index in [0.717, 1.165) is 29.7 Å². The number of nitrogens with zero attached hydrogens (tertiary/aromatic N) is 1. The Morgan fingerprint density at radius 1 is 1.37 bits per heavy atom. The van der Waals surface area contributed by atoms with E-state index >= 15 is 0 Å². The normalized spacial score (nSPS) is 14.3. The van der Waals surface area contributed by atoms with Gasteiger partial charge in [0.2, 0.25) is 0 Å². The Morgan fingerprint density at radius 2 is 2.21 bits per heavy atom. The van der Waals surface area contributed by atoms with E-state index in [1.54, 1.807) is 17.2 Å². The summed E-state index contributed by atoms with van der Waals surface area (Å²) in [4.78, 5) is 14.3. The van der Waals surface area contributed by atoms with Gasteiger partial charge in [0, 0.05) is 23.5 Å². The highest BCUT2D eigenvalue weighted by Gasteiger charge is 2.26. The van der Waals surface area contributed by atoms with Crippen LogP contribution in [0.3, 0.4) is 0 Å². The number of hydrogen-bond acceptors (Lipinski definition) is 3. The molecule has 4 heteroatoms. The number of anilines is 2. The number of aryl methyl sites for hydroxylation is 2. The van der Waals surface area contributed by atoms with Gasteiger partial charge < -0.3 is 15.1 Å². The topological polar surface area (TPSA) is 59.5 Å².